The van der Waals surface area contributed by atoms with Crippen LogP contribution in [0.4, 0.5) is 0 Å². The Morgan fingerprint density at radius 2 is 1.70 bits per heavy atom. The molecule has 0 aromatic heterocycles. The Morgan fingerprint density at radius 3 is 2.36 bits per heavy atom. The first kappa shape index (κ1) is 29.5. The van der Waals surface area contributed by atoms with E-state index in [1.165, 1.54) is 0 Å². The predicted molar refractivity (Wildman–Crippen MR) is 165 cm³/mol. The van der Waals surface area contributed by atoms with Gasteiger partial charge >= 0.3 is 0 Å². The molecule has 1 heterocycles. The zero-order valence-electron chi connectivity index (χ0n) is 25.2. The Hall–Kier alpha value is -3.20. The van der Waals surface area contributed by atoms with Crippen molar-refractivity contribution in [2.45, 2.75) is 70.2 Å². The topological polar surface area (TPSA) is 113 Å². The van der Waals surface area contributed by atoms with Crippen LogP contribution in [0.25, 0.3) is 12.2 Å². The summed E-state index contributed by atoms with van der Waals surface area (Å²) < 4.78 is 13.3. The highest BCUT2D eigenvalue weighted by molar-refractivity contribution is 6.01. The first-order valence-electron chi connectivity index (χ1n) is 15.7. The lowest BCUT2D eigenvalue weighted by Gasteiger charge is -2.59. The molecular formula is C37H40O7. The molecule has 1 aliphatic heterocycles. The number of carbonyl (C=O) groups excluding carboxylic acids is 2. The number of hydrogen-bond donors (Lipinski definition) is 3. The molecule has 9 atom stereocenters. The van der Waals surface area contributed by atoms with E-state index in [2.05, 4.69) is 6.92 Å². The zero-order chi connectivity index (χ0) is 30.9. The summed E-state index contributed by atoms with van der Waals surface area (Å²) >= 11 is 0. The summed E-state index contributed by atoms with van der Waals surface area (Å²) in [6.07, 6.45) is 9.91. The molecule has 3 saturated carbocycles. The number of fused-ring (bicyclic) bond motifs is 7. The lowest BCUT2D eigenvalue weighted by Crippen LogP contribution is -2.63. The van der Waals surface area contributed by atoms with E-state index in [1.54, 1.807) is 12.2 Å². The van der Waals surface area contributed by atoms with Crippen LogP contribution < -0.4 is 0 Å². The highest BCUT2D eigenvalue weighted by Gasteiger charge is 2.75. The average molecular weight is 597 g/mol. The number of aliphatic hydroxyl groups excluding tert-OH is 3. The molecular weight excluding hydrogens is 556 g/mol. The van der Waals surface area contributed by atoms with Crippen molar-refractivity contribution in [2.24, 2.45) is 28.6 Å². The van der Waals surface area contributed by atoms with Gasteiger partial charge in [-0.25, -0.2) is 0 Å². The quantitative estimate of drug-likeness (QED) is 0.405. The summed E-state index contributed by atoms with van der Waals surface area (Å²) in [5.41, 5.74) is 2.26. The van der Waals surface area contributed by atoms with Gasteiger partial charge in [-0.3, -0.25) is 9.59 Å². The minimum Gasteiger partial charge on any atom is -0.393 e. The van der Waals surface area contributed by atoms with Crippen LogP contribution in [0.3, 0.4) is 0 Å². The summed E-state index contributed by atoms with van der Waals surface area (Å²) in [5.74, 6) is -0.290. The maximum atomic E-state index is 13.7. The van der Waals surface area contributed by atoms with Crippen molar-refractivity contribution < 1.29 is 34.4 Å². The van der Waals surface area contributed by atoms with E-state index in [4.69, 9.17) is 9.47 Å². The van der Waals surface area contributed by atoms with Crippen LogP contribution in [0.2, 0.25) is 0 Å². The zero-order valence-corrected chi connectivity index (χ0v) is 25.2. The molecule has 4 fully saturated rings. The normalized spacial score (nSPS) is 39.0. The third-order valence-corrected chi connectivity index (χ3v) is 11.6. The summed E-state index contributed by atoms with van der Waals surface area (Å²) in [7, 11) is 0. The average Bonchev–Trinajstić information content (AvgIpc) is 3.53. The number of hydrogen-bond acceptors (Lipinski definition) is 7. The first-order chi connectivity index (χ1) is 21.1. The van der Waals surface area contributed by atoms with Crippen molar-refractivity contribution in [3.63, 3.8) is 0 Å². The molecule has 0 radical (unpaired) electrons. The fourth-order valence-corrected chi connectivity index (χ4v) is 9.53. The second-order valence-corrected chi connectivity index (χ2v) is 13.7. The molecule has 230 valence electrons. The van der Waals surface area contributed by atoms with Gasteiger partial charge in [-0.2, -0.15) is 0 Å². The monoisotopic (exact) mass is 596 g/mol. The fourth-order valence-electron chi connectivity index (χ4n) is 9.53. The molecule has 0 bridgehead atoms. The number of ketones is 2. The van der Waals surface area contributed by atoms with E-state index in [-0.39, 0.29) is 30.1 Å². The van der Waals surface area contributed by atoms with Crippen molar-refractivity contribution in [1.29, 1.82) is 0 Å². The number of ether oxygens (including phenoxy) is 2. The Morgan fingerprint density at radius 1 is 1.02 bits per heavy atom. The molecule has 3 N–H and O–H groups in total. The van der Waals surface area contributed by atoms with Gasteiger partial charge in [0.25, 0.3) is 0 Å². The Kier molecular flexibility index (Phi) is 7.18. The summed E-state index contributed by atoms with van der Waals surface area (Å²) in [6, 6.07) is 15.5. The largest absolute Gasteiger partial charge is 0.393 e. The molecule has 0 unspecified atom stereocenters. The second kappa shape index (κ2) is 10.7. The fraction of sp³-hybridized carbons (Fsp3) is 0.459. The van der Waals surface area contributed by atoms with Crippen LogP contribution in [-0.4, -0.2) is 51.3 Å². The van der Waals surface area contributed by atoms with Crippen molar-refractivity contribution in [1.82, 2.24) is 0 Å². The van der Waals surface area contributed by atoms with Crippen LogP contribution in [0.1, 0.15) is 68.1 Å². The molecule has 7 nitrogen and oxygen atoms in total. The maximum absolute atomic E-state index is 13.7. The Labute approximate surface area is 257 Å². The predicted octanol–water partition coefficient (Wildman–Crippen LogP) is 4.95. The van der Waals surface area contributed by atoms with Crippen molar-refractivity contribution in [3.8, 4) is 0 Å². The van der Waals surface area contributed by atoms with Gasteiger partial charge in [-0.05, 0) is 66.4 Å². The highest BCUT2D eigenvalue weighted by atomic mass is 16.7. The van der Waals surface area contributed by atoms with E-state index in [0.717, 1.165) is 40.7 Å². The van der Waals surface area contributed by atoms with Gasteiger partial charge in [-0.15, -0.1) is 0 Å². The molecule has 0 amide bonds. The molecule has 1 saturated heterocycles. The maximum Gasteiger partial charge on any atom is 0.193 e. The second-order valence-electron chi connectivity index (χ2n) is 13.7. The van der Waals surface area contributed by atoms with Crippen molar-refractivity contribution >= 4 is 23.7 Å². The third kappa shape index (κ3) is 4.28. The van der Waals surface area contributed by atoms with Crippen LogP contribution in [0.5, 0.6) is 0 Å². The van der Waals surface area contributed by atoms with E-state index < -0.39 is 47.3 Å². The van der Waals surface area contributed by atoms with Crippen LogP contribution in [0, 0.1) is 28.6 Å². The summed E-state index contributed by atoms with van der Waals surface area (Å²) in [5, 5.41) is 31.3. The third-order valence-electron chi connectivity index (χ3n) is 11.6. The smallest absolute Gasteiger partial charge is 0.193 e. The van der Waals surface area contributed by atoms with E-state index in [1.807, 2.05) is 73.7 Å². The van der Waals surface area contributed by atoms with Crippen molar-refractivity contribution in [2.75, 3.05) is 6.61 Å². The van der Waals surface area contributed by atoms with Gasteiger partial charge in [0.05, 0.1) is 18.8 Å². The van der Waals surface area contributed by atoms with Crippen LogP contribution in [-0.2, 0) is 25.7 Å². The minimum absolute atomic E-state index is 0.000566. The molecule has 2 aromatic carbocycles. The summed E-state index contributed by atoms with van der Waals surface area (Å²) in [4.78, 5) is 25.9. The number of aliphatic hydroxyl groups is 3. The number of benzene rings is 2. The lowest BCUT2D eigenvalue weighted by molar-refractivity contribution is -0.201. The lowest BCUT2D eigenvalue weighted by atomic mass is 9.46. The highest BCUT2D eigenvalue weighted by Crippen LogP contribution is 2.70. The van der Waals surface area contributed by atoms with Crippen molar-refractivity contribution in [3.05, 3.63) is 94.6 Å². The van der Waals surface area contributed by atoms with E-state index >= 15 is 0 Å². The molecule has 7 heteroatoms. The van der Waals surface area contributed by atoms with Gasteiger partial charge in [-0.1, -0.05) is 86.2 Å². The van der Waals surface area contributed by atoms with E-state index in [0.29, 0.717) is 12.8 Å². The standard InChI is InChI=1S/C37H40O7/c1-35-16-15-27(40)17-26(35)13-14-28-29-18-32-37(31(42)21-39,36(29,2)19-30(41)33(28)35)44-34(43-32)25-11-9-23(10-12-25)4-3-22-5-7-24(20-38)8-6-22/h3-12,15-17,28-30,32-34,38-39,41H,13-14,18-21H2,1-2H3/b4-3+/t28-,29-,30-,32+,33+,34+,35-,36-,37+/m0/s1. The molecule has 0 spiro atoms. The Bertz CT molecular complexity index is 1560. The molecule has 5 aliphatic rings. The summed E-state index contributed by atoms with van der Waals surface area (Å²) in [6.45, 7) is 3.54. The number of carbonyl (C=O) groups is 2. The van der Waals surface area contributed by atoms with E-state index in [9.17, 15) is 24.9 Å². The minimum atomic E-state index is -1.36. The molecule has 44 heavy (non-hydrogen) atoms. The number of allylic oxidation sites excluding steroid dienone is 4. The van der Waals surface area contributed by atoms with Gasteiger partial charge < -0.3 is 24.8 Å². The molecule has 2 aromatic rings. The molecule has 4 aliphatic carbocycles. The van der Waals surface area contributed by atoms with Crippen LogP contribution in [0.15, 0.2) is 72.3 Å². The van der Waals surface area contributed by atoms with Crippen LogP contribution >= 0.6 is 0 Å². The first-order valence-corrected chi connectivity index (χ1v) is 15.7. The SMILES string of the molecule is C[C@]12C=CC(=O)C=C1CC[C@@H]1[C@@H]2[C@@H](O)C[C@@]2(C)[C@H]1C[C@H]1O[C@@H](c3ccc(/C=C/c4ccc(CO)cc4)cc3)O[C@]12C(=O)CO. The van der Waals surface area contributed by atoms with Gasteiger partial charge in [0.15, 0.2) is 23.5 Å². The van der Waals surface area contributed by atoms with Gasteiger partial charge in [0.1, 0.15) is 6.61 Å². The number of rotatable bonds is 6. The Balaban J connectivity index is 1.15. The molecule has 7 rings (SSSR count). The van der Waals surface area contributed by atoms with Gasteiger partial charge in [0.2, 0.25) is 0 Å². The van der Waals surface area contributed by atoms with Gasteiger partial charge in [0, 0.05) is 22.3 Å². The number of Topliss-reactive ketones (excluding diaryl/α,β-unsaturated/α-hetero) is 1.